The molecule has 0 amide bonds. The lowest BCUT2D eigenvalue weighted by Gasteiger charge is -2.12. The van der Waals surface area contributed by atoms with Crippen molar-refractivity contribution in [2.75, 3.05) is 20.1 Å². The lowest BCUT2D eigenvalue weighted by atomic mass is 10.1. The Hall–Kier alpha value is -1.72. The molecule has 3 N–H and O–H groups in total. The van der Waals surface area contributed by atoms with Gasteiger partial charge in [0.15, 0.2) is 5.96 Å². The van der Waals surface area contributed by atoms with Crippen molar-refractivity contribution in [2.24, 2.45) is 4.99 Å². The molecule has 2 aromatic rings. The van der Waals surface area contributed by atoms with E-state index in [0.29, 0.717) is 43.1 Å². The third-order valence-electron chi connectivity index (χ3n) is 4.07. The summed E-state index contributed by atoms with van der Waals surface area (Å²) in [6.45, 7) is 3.62. The fraction of sp³-hybridized carbons (Fsp3) is 0.350. The van der Waals surface area contributed by atoms with Crippen LogP contribution < -0.4 is 15.4 Å². The third-order valence-corrected chi connectivity index (χ3v) is 5.40. The van der Waals surface area contributed by atoms with E-state index in [1.165, 1.54) is 13.1 Å². The topological polar surface area (TPSA) is 82.6 Å². The van der Waals surface area contributed by atoms with E-state index in [0.717, 1.165) is 5.56 Å². The summed E-state index contributed by atoms with van der Waals surface area (Å²) in [7, 11) is -1.91. The maximum atomic E-state index is 13.7. The van der Waals surface area contributed by atoms with Crippen LogP contribution in [0.3, 0.4) is 0 Å². The number of benzene rings is 2. The Morgan fingerprint density at radius 1 is 1.07 bits per heavy atom. The molecule has 0 atom stereocenters. The van der Waals surface area contributed by atoms with Gasteiger partial charge in [-0.15, -0.1) is 24.0 Å². The summed E-state index contributed by atoms with van der Waals surface area (Å²) in [5, 5.41) is 6.35. The van der Waals surface area contributed by atoms with Gasteiger partial charge in [-0.05, 0) is 43.1 Å². The summed E-state index contributed by atoms with van der Waals surface area (Å²) < 4.78 is 39.4. The molecule has 0 aromatic heterocycles. The smallest absolute Gasteiger partial charge is 0.215 e. The molecule has 0 heterocycles. The minimum atomic E-state index is -3.31. The van der Waals surface area contributed by atoms with Crippen LogP contribution in [0.1, 0.15) is 23.6 Å². The first-order valence-corrected chi connectivity index (χ1v) is 10.8. The molecule has 0 unspecified atom stereocenters. The van der Waals surface area contributed by atoms with E-state index in [1.54, 1.807) is 18.2 Å². The SMILES string of the molecule is CCNC(=NCc1cccc(CS(=O)(=O)NC)c1)NCCc1ccccc1F.I. The Balaban J connectivity index is 0.00000420. The zero-order valence-corrected chi connectivity index (χ0v) is 19.8. The Morgan fingerprint density at radius 3 is 2.48 bits per heavy atom. The van der Waals surface area contributed by atoms with Crippen LogP contribution in [0.5, 0.6) is 0 Å². The number of nitrogens with zero attached hydrogens (tertiary/aromatic N) is 1. The van der Waals surface area contributed by atoms with Crippen LogP contribution in [0.25, 0.3) is 0 Å². The van der Waals surface area contributed by atoms with Gasteiger partial charge in [0.25, 0.3) is 0 Å². The summed E-state index contributed by atoms with van der Waals surface area (Å²) in [4.78, 5) is 4.53. The van der Waals surface area contributed by atoms with Gasteiger partial charge in [0, 0.05) is 13.1 Å². The molecule has 0 aliphatic carbocycles. The molecule has 9 heteroatoms. The number of hydrogen-bond acceptors (Lipinski definition) is 3. The van der Waals surface area contributed by atoms with Gasteiger partial charge in [0.05, 0.1) is 12.3 Å². The summed E-state index contributed by atoms with van der Waals surface area (Å²) in [5.41, 5.74) is 2.28. The average Bonchev–Trinajstić information content (AvgIpc) is 2.67. The number of hydrogen-bond donors (Lipinski definition) is 3. The van der Waals surface area contributed by atoms with Gasteiger partial charge in [0.1, 0.15) is 5.82 Å². The maximum absolute atomic E-state index is 13.7. The second-order valence-electron chi connectivity index (χ2n) is 6.25. The highest BCUT2D eigenvalue weighted by Gasteiger charge is 2.09. The van der Waals surface area contributed by atoms with Crippen molar-refractivity contribution < 1.29 is 12.8 Å². The van der Waals surface area contributed by atoms with Crippen LogP contribution in [-0.2, 0) is 28.7 Å². The Bertz CT molecular complexity index is 907. The van der Waals surface area contributed by atoms with E-state index in [2.05, 4.69) is 20.3 Å². The predicted molar refractivity (Wildman–Crippen MR) is 126 cm³/mol. The van der Waals surface area contributed by atoms with Crippen molar-refractivity contribution in [1.29, 1.82) is 0 Å². The van der Waals surface area contributed by atoms with Gasteiger partial charge >= 0.3 is 0 Å². The van der Waals surface area contributed by atoms with E-state index in [1.807, 2.05) is 31.2 Å². The molecule has 0 radical (unpaired) electrons. The lowest BCUT2D eigenvalue weighted by molar-refractivity contribution is 0.587. The molecular weight excluding hydrogens is 506 g/mol. The highest BCUT2D eigenvalue weighted by molar-refractivity contribution is 14.0. The molecular formula is C20H28FIN4O2S. The molecule has 2 rings (SSSR count). The second kappa shape index (κ2) is 12.8. The van der Waals surface area contributed by atoms with Crippen molar-refractivity contribution in [3.63, 3.8) is 0 Å². The van der Waals surface area contributed by atoms with Crippen molar-refractivity contribution in [2.45, 2.75) is 25.6 Å². The lowest BCUT2D eigenvalue weighted by Crippen LogP contribution is -2.38. The average molecular weight is 534 g/mol. The van der Waals surface area contributed by atoms with E-state index in [4.69, 9.17) is 0 Å². The molecule has 0 fully saturated rings. The van der Waals surface area contributed by atoms with E-state index < -0.39 is 10.0 Å². The van der Waals surface area contributed by atoms with E-state index in [9.17, 15) is 12.8 Å². The number of rotatable bonds is 9. The van der Waals surface area contributed by atoms with Crippen molar-refractivity contribution in [3.05, 3.63) is 71.0 Å². The quantitative estimate of drug-likeness (QED) is 0.263. The zero-order chi connectivity index (χ0) is 20.4. The predicted octanol–water partition coefficient (Wildman–Crippen LogP) is 2.79. The molecule has 2 aromatic carbocycles. The van der Waals surface area contributed by atoms with E-state index >= 15 is 0 Å². The highest BCUT2D eigenvalue weighted by Crippen LogP contribution is 2.10. The Kier molecular flexibility index (Phi) is 11.1. The first kappa shape index (κ1) is 25.3. The maximum Gasteiger partial charge on any atom is 0.215 e. The molecule has 0 bridgehead atoms. The molecule has 0 spiro atoms. The highest BCUT2D eigenvalue weighted by atomic mass is 127. The molecule has 0 aliphatic rings. The van der Waals surface area contributed by atoms with Crippen LogP contribution >= 0.6 is 24.0 Å². The van der Waals surface area contributed by atoms with Crippen molar-refractivity contribution >= 4 is 40.0 Å². The fourth-order valence-electron chi connectivity index (χ4n) is 2.64. The first-order valence-electron chi connectivity index (χ1n) is 9.18. The summed E-state index contributed by atoms with van der Waals surface area (Å²) in [6, 6.07) is 14.1. The molecule has 0 saturated carbocycles. The monoisotopic (exact) mass is 534 g/mol. The number of halogens is 2. The zero-order valence-electron chi connectivity index (χ0n) is 16.6. The number of aliphatic imine (C=N–C) groups is 1. The van der Waals surface area contributed by atoms with Gasteiger partial charge < -0.3 is 10.6 Å². The fourth-order valence-corrected chi connectivity index (χ4v) is 3.40. The normalized spacial score (nSPS) is 11.6. The number of sulfonamides is 1. The van der Waals surface area contributed by atoms with Gasteiger partial charge in [-0.2, -0.15) is 0 Å². The summed E-state index contributed by atoms with van der Waals surface area (Å²) in [5.74, 6) is 0.355. The number of guanidine groups is 1. The van der Waals surface area contributed by atoms with Gasteiger partial charge in [-0.3, -0.25) is 0 Å². The van der Waals surface area contributed by atoms with Gasteiger partial charge in [-0.25, -0.2) is 22.5 Å². The Morgan fingerprint density at radius 2 is 1.79 bits per heavy atom. The molecule has 0 saturated heterocycles. The molecule has 160 valence electrons. The van der Waals surface area contributed by atoms with Crippen molar-refractivity contribution in [3.8, 4) is 0 Å². The molecule has 6 nitrogen and oxygen atoms in total. The molecule has 29 heavy (non-hydrogen) atoms. The standard InChI is InChI=1S/C20H27FN4O2S.HI/c1-3-23-20(24-12-11-18-9-4-5-10-19(18)21)25-14-16-7-6-8-17(13-16)15-28(26,27)22-2;/h4-10,13,22H,3,11-12,14-15H2,1-2H3,(H2,23,24,25);1H. The van der Waals surface area contributed by atoms with Crippen LogP contribution in [0.2, 0.25) is 0 Å². The largest absolute Gasteiger partial charge is 0.357 e. The third kappa shape index (κ3) is 9.09. The van der Waals surface area contributed by atoms with E-state index in [-0.39, 0.29) is 35.5 Å². The Labute approximate surface area is 189 Å². The van der Waals surface area contributed by atoms with Crippen LogP contribution in [-0.4, -0.2) is 34.5 Å². The van der Waals surface area contributed by atoms with Crippen molar-refractivity contribution in [1.82, 2.24) is 15.4 Å². The van der Waals surface area contributed by atoms with Crippen LogP contribution in [0.15, 0.2) is 53.5 Å². The van der Waals surface area contributed by atoms with Gasteiger partial charge in [-0.1, -0.05) is 42.5 Å². The minimum Gasteiger partial charge on any atom is -0.357 e. The summed E-state index contributed by atoms with van der Waals surface area (Å²) >= 11 is 0. The van der Waals surface area contributed by atoms with Gasteiger partial charge in [0.2, 0.25) is 10.0 Å². The summed E-state index contributed by atoms with van der Waals surface area (Å²) in [6.07, 6.45) is 0.550. The van der Waals surface area contributed by atoms with Crippen LogP contribution in [0.4, 0.5) is 4.39 Å². The second-order valence-corrected chi connectivity index (χ2v) is 8.17. The first-order chi connectivity index (χ1) is 13.4. The minimum absolute atomic E-state index is 0. The molecule has 0 aliphatic heterocycles. The van der Waals surface area contributed by atoms with Crippen LogP contribution in [0, 0.1) is 5.82 Å². The number of nitrogens with one attached hydrogen (secondary N) is 3.